The van der Waals surface area contributed by atoms with Crippen LogP contribution in [0, 0.1) is 23.2 Å². The van der Waals surface area contributed by atoms with Gasteiger partial charge in [0.1, 0.15) is 5.78 Å². The first kappa shape index (κ1) is 20.2. The van der Waals surface area contributed by atoms with Crippen molar-refractivity contribution in [3.63, 3.8) is 0 Å². The van der Waals surface area contributed by atoms with E-state index in [1.807, 2.05) is 0 Å². The number of rotatable bonds is 7. The van der Waals surface area contributed by atoms with E-state index in [4.69, 9.17) is 4.43 Å². The molecular weight excluding hydrogens is 312 g/mol. The summed E-state index contributed by atoms with van der Waals surface area (Å²) in [6, 6.07) is 0. The number of fused-ring (bicyclic) bond motifs is 1. The molecule has 0 spiro atoms. The Morgan fingerprint density at radius 2 is 1.96 bits per heavy atom. The summed E-state index contributed by atoms with van der Waals surface area (Å²) < 4.78 is 6.35. The molecule has 0 N–H and O–H groups in total. The van der Waals surface area contributed by atoms with Crippen molar-refractivity contribution >= 4 is 14.1 Å². The summed E-state index contributed by atoms with van der Waals surface area (Å²) in [4.78, 5) is 12.3. The zero-order chi connectivity index (χ0) is 18.2. The van der Waals surface area contributed by atoms with Gasteiger partial charge in [-0.15, -0.1) is 0 Å². The number of hydrogen-bond acceptors (Lipinski definition) is 2. The standard InChI is InChI=1S/C21H40O2Si/c1-16(10-8-14-20(2,3)23-24(5,6)7)17-12-13-18-19(22)11-9-15-21(17,18)4/h16-18H,8-15H2,1-7H3/t16?,17-,18?,21-/m1/s1. The van der Waals surface area contributed by atoms with Crippen LogP contribution in [0.1, 0.15) is 79.1 Å². The molecule has 24 heavy (non-hydrogen) atoms. The fourth-order valence-corrected chi connectivity index (χ4v) is 7.60. The van der Waals surface area contributed by atoms with Gasteiger partial charge < -0.3 is 4.43 Å². The average molecular weight is 353 g/mol. The lowest BCUT2D eigenvalue weighted by Crippen LogP contribution is -2.39. The highest BCUT2D eigenvalue weighted by Crippen LogP contribution is 2.57. The molecule has 2 fully saturated rings. The van der Waals surface area contributed by atoms with E-state index < -0.39 is 8.32 Å². The Morgan fingerprint density at radius 3 is 2.58 bits per heavy atom. The van der Waals surface area contributed by atoms with E-state index in [9.17, 15) is 4.79 Å². The van der Waals surface area contributed by atoms with Gasteiger partial charge in [0.05, 0.1) is 5.60 Å². The van der Waals surface area contributed by atoms with Gasteiger partial charge >= 0.3 is 0 Å². The molecule has 2 nitrogen and oxygen atoms in total. The Bertz CT molecular complexity index is 451. The molecule has 0 saturated heterocycles. The molecule has 0 bridgehead atoms. The minimum atomic E-state index is -1.48. The molecule has 2 aliphatic carbocycles. The molecule has 3 heteroatoms. The van der Waals surface area contributed by atoms with Crippen LogP contribution in [0.5, 0.6) is 0 Å². The van der Waals surface area contributed by atoms with Gasteiger partial charge in [0.2, 0.25) is 0 Å². The highest BCUT2D eigenvalue weighted by atomic mass is 28.4. The maximum Gasteiger partial charge on any atom is 0.184 e. The highest BCUT2D eigenvalue weighted by Gasteiger charge is 2.52. The van der Waals surface area contributed by atoms with Gasteiger partial charge in [-0.25, -0.2) is 0 Å². The van der Waals surface area contributed by atoms with E-state index in [0.29, 0.717) is 17.1 Å². The van der Waals surface area contributed by atoms with Crippen LogP contribution in [0.4, 0.5) is 0 Å². The average Bonchev–Trinajstić information content (AvgIpc) is 2.74. The summed E-state index contributed by atoms with van der Waals surface area (Å²) in [5.41, 5.74) is 0.298. The second-order valence-electron chi connectivity index (χ2n) is 10.4. The van der Waals surface area contributed by atoms with Crippen molar-refractivity contribution in [2.45, 2.75) is 104 Å². The first-order valence-corrected chi connectivity index (χ1v) is 13.6. The largest absolute Gasteiger partial charge is 0.413 e. The number of Topliss-reactive ketones (excluding diaryl/α,β-unsaturated/α-hetero) is 1. The number of carbonyl (C=O) groups excluding carboxylic acids is 1. The van der Waals surface area contributed by atoms with E-state index in [1.165, 1.54) is 25.7 Å². The van der Waals surface area contributed by atoms with Crippen LogP contribution in [-0.4, -0.2) is 19.7 Å². The molecule has 0 aromatic carbocycles. The molecule has 0 aliphatic heterocycles. The second kappa shape index (κ2) is 7.23. The van der Waals surface area contributed by atoms with Crippen molar-refractivity contribution in [2.75, 3.05) is 0 Å². The quantitative estimate of drug-likeness (QED) is 0.509. The van der Waals surface area contributed by atoms with Gasteiger partial charge in [-0.2, -0.15) is 0 Å². The van der Waals surface area contributed by atoms with Gasteiger partial charge in [-0.3, -0.25) is 4.79 Å². The first-order chi connectivity index (χ1) is 10.9. The number of ketones is 1. The monoisotopic (exact) mass is 352 g/mol. The van der Waals surface area contributed by atoms with Gasteiger partial charge in [-0.1, -0.05) is 26.7 Å². The predicted octanol–water partition coefficient (Wildman–Crippen LogP) is 6.21. The van der Waals surface area contributed by atoms with Crippen LogP contribution >= 0.6 is 0 Å². The van der Waals surface area contributed by atoms with E-state index in [2.05, 4.69) is 47.3 Å². The summed E-state index contributed by atoms with van der Waals surface area (Å²) in [5, 5.41) is 0. The van der Waals surface area contributed by atoms with Crippen molar-refractivity contribution in [3.8, 4) is 0 Å². The molecule has 0 aromatic heterocycles. The Kier molecular flexibility index (Phi) is 6.07. The second-order valence-corrected chi connectivity index (χ2v) is 14.8. The Morgan fingerprint density at radius 1 is 1.29 bits per heavy atom. The minimum Gasteiger partial charge on any atom is -0.413 e. The Labute approximate surface area is 151 Å². The lowest BCUT2D eigenvalue weighted by atomic mass is 9.62. The molecule has 2 rings (SSSR count). The number of carbonyl (C=O) groups is 1. The van der Waals surface area contributed by atoms with Crippen LogP contribution in [0.2, 0.25) is 19.6 Å². The maximum absolute atomic E-state index is 12.3. The Hall–Kier alpha value is -0.153. The third-order valence-corrected chi connectivity index (χ3v) is 7.81. The normalized spacial score (nSPS) is 32.7. The Balaban J connectivity index is 1.87. The minimum absolute atomic E-state index is 0.00705. The van der Waals surface area contributed by atoms with Crippen molar-refractivity contribution in [1.29, 1.82) is 0 Å². The third kappa shape index (κ3) is 4.72. The third-order valence-electron chi connectivity index (χ3n) is 6.64. The predicted molar refractivity (Wildman–Crippen MR) is 105 cm³/mol. The van der Waals surface area contributed by atoms with E-state index in [0.717, 1.165) is 37.5 Å². The zero-order valence-corrected chi connectivity index (χ0v) is 18.2. The van der Waals surface area contributed by atoms with Gasteiger partial charge in [0, 0.05) is 12.3 Å². The molecule has 0 heterocycles. The molecule has 140 valence electrons. The molecule has 0 radical (unpaired) electrons. The van der Waals surface area contributed by atoms with Crippen LogP contribution in [0.3, 0.4) is 0 Å². The van der Waals surface area contributed by atoms with E-state index in [-0.39, 0.29) is 5.60 Å². The summed E-state index contributed by atoms with van der Waals surface area (Å²) >= 11 is 0. The summed E-state index contributed by atoms with van der Waals surface area (Å²) in [6.45, 7) is 16.2. The smallest absolute Gasteiger partial charge is 0.184 e. The van der Waals surface area contributed by atoms with Gasteiger partial charge in [0.25, 0.3) is 0 Å². The topological polar surface area (TPSA) is 26.3 Å². The summed E-state index contributed by atoms with van der Waals surface area (Å²) in [7, 11) is -1.48. The zero-order valence-electron chi connectivity index (χ0n) is 17.2. The van der Waals surface area contributed by atoms with Crippen LogP contribution < -0.4 is 0 Å². The van der Waals surface area contributed by atoms with Crippen LogP contribution in [-0.2, 0) is 9.22 Å². The van der Waals surface area contributed by atoms with Crippen molar-refractivity contribution < 1.29 is 9.22 Å². The highest BCUT2D eigenvalue weighted by molar-refractivity contribution is 6.69. The SMILES string of the molecule is CC(CCCC(C)(C)O[Si](C)(C)C)[C@H]1CCC2C(=O)CCC[C@@]21C. The first-order valence-electron chi connectivity index (χ1n) is 10.2. The fourth-order valence-electron chi connectivity index (χ4n) is 5.84. The van der Waals surface area contributed by atoms with E-state index in [1.54, 1.807) is 0 Å². The summed E-state index contributed by atoms with van der Waals surface area (Å²) in [5.74, 6) is 2.40. The number of hydrogen-bond donors (Lipinski definition) is 0. The molecular formula is C21H40O2Si. The van der Waals surface area contributed by atoms with Crippen LogP contribution in [0.15, 0.2) is 0 Å². The van der Waals surface area contributed by atoms with Gasteiger partial charge in [0.15, 0.2) is 8.32 Å². The lowest BCUT2D eigenvalue weighted by Gasteiger charge is -2.42. The van der Waals surface area contributed by atoms with Crippen molar-refractivity contribution in [2.24, 2.45) is 23.2 Å². The van der Waals surface area contributed by atoms with Crippen molar-refractivity contribution in [1.82, 2.24) is 0 Å². The molecule has 0 aromatic rings. The molecule has 2 aliphatic rings. The molecule has 4 atom stereocenters. The lowest BCUT2D eigenvalue weighted by molar-refractivity contribution is -0.130. The maximum atomic E-state index is 12.3. The van der Waals surface area contributed by atoms with Crippen molar-refractivity contribution in [3.05, 3.63) is 0 Å². The van der Waals surface area contributed by atoms with Crippen LogP contribution in [0.25, 0.3) is 0 Å². The molecule has 2 unspecified atom stereocenters. The fraction of sp³-hybridized carbons (Fsp3) is 0.952. The molecule has 0 amide bonds. The molecule has 2 saturated carbocycles. The van der Waals surface area contributed by atoms with Gasteiger partial charge in [-0.05, 0) is 82.8 Å². The summed E-state index contributed by atoms with van der Waals surface area (Å²) in [6.07, 6.45) is 9.30. The van der Waals surface area contributed by atoms with E-state index >= 15 is 0 Å².